The summed E-state index contributed by atoms with van der Waals surface area (Å²) < 4.78 is 22.7. The van der Waals surface area contributed by atoms with Crippen molar-refractivity contribution >= 4 is 28.8 Å². The molecule has 1 unspecified atom stereocenters. The summed E-state index contributed by atoms with van der Waals surface area (Å²) in [6, 6.07) is 1.43. The maximum atomic E-state index is 13.2. The Kier molecular flexibility index (Phi) is 4.12. The summed E-state index contributed by atoms with van der Waals surface area (Å²) in [6.45, 7) is 8.37. The van der Waals surface area contributed by atoms with Crippen LogP contribution in [0.5, 0.6) is 11.5 Å². The lowest BCUT2D eigenvalue weighted by atomic mass is 9.92. The zero-order chi connectivity index (χ0) is 21.1. The molecule has 1 aromatic heterocycles. The fraction of sp³-hybridized carbons (Fsp3) is 0.409. The van der Waals surface area contributed by atoms with E-state index in [1.54, 1.807) is 0 Å². The van der Waals surface area contributed by atoms with Crippen LogP contribution in [-0.4, -0.2) is 23.1 Å². The number of esters is 1. The van der Waals surface area contributed by atoms with Crippen molar-refractivity contribution in [1.82, 2.24) is 0 Å². The Balaban J connectivity index is 2.12. The number of fused-ring (bicyclic) bond motifs is 6. The van der Waals surface area contributed by atoms with Gasteiger partial charge in [0.1, 0.15) is 16.9 Å². The van der Waals surface area contributed by atoms with Crippen LogP contribution in [0.3, 0.4) is 0 Å². The van der Waals surface area contributed by atoms with E-state index in [-0.39, 0.29) is 16.9 Å². The van der Waals surface area contributed by atoms with Crippen molar-refractivity contribution in [3.05, 3.63) is 39.3 Å². The van der Waals surface area contributed by atoms with Gasteiger partial charge in [-0.05, 0) is 38.0 Å². The van der Waals surface area contributed by atoms with Gasteiger partial charge in [-0.1, -0.05) is 13.3 Å². The van der Waals surface area contributed by atoms with E-state index in [4.69, 9.17) is 18.6 Å². The van der Waals surface area contributed by atoms with Crippen molar-refractivity contribution in [2.45, 2.75) is 58.8 Å². The monoisotopic (exact) mass is 398 g/mol. The van der Waals surface area contributed by atoms with Crippen molar-refractivity contribution in [3.63, 3.8) is 0 Å². The molecule has 0 bridgehead atoms. The highest BCUT2D eigenvalue weighted by Crippen LogP contribution is 2.51. The number of ether oxygens (including phenoxy) is 3. The summed E-state index contributed by atoms with van der Waals surface area (Å²) in [5.74, 6) is -2.40. The summed E-state index contributed by atoms with van der Waals surface area (Å²) in [4.78, 5) is 37.1. The zero-order valence-electron chi connectivity index (χ0n) is 17.0. The molecule has 3 heterocycles. The molecule has 29 heavy (non-hydrogen) atoms. The van der Waals surface area contributed by atoms with E-state index in [0.717, 1.165) is 12.0 Å². The lowest BCUT2D eigenvalue weighted by Gasteiger charge is -2.30. The Hall–Kier alpha value is -3.09. The van der Waals surface area contributed by atoms with Crippen LogP contribution in [0.2, 0.25) is 0 Å². The first kappa shape index (κ1) is 19.2. The molecule has 0 fully saturated rings. The van der Waals surface area contributed by atoms with Gasteiger partial charge < -0.3 is 18.6 Å². The second-order valence-electron chi connectivity index (χ2n) is 8.00. The van der Waals surface area contributed by atoms with Crippen molar-refractivity contribution in [2.75, 3.05) is 0 Å². The summed E-state index contributed by atoms with van der Waals surface area (Å²) in [6.07, 6.45) is 5.08. The van der Waals surface area contributed by atoms with Gasteiger partial charge in [0.05, 0.1) is 10.9 Å². The molecule has 2 aliphatic heterocycles. The Morgan fingerprint density at radius 2 is 1.86 bits per heavy atom. The third kappa shape index (κ3) is 2.92. The number of benzene rings is 1. The van der Waals surface area contributed by atoms with Crippen LogP contribution >= 0.6 is 0 Å². The second kappa shape index (κ2) is 6.20. The van der Waals surface area contributed by atoms with Crippen molar-refractivity contribution < 1.29 is 28.2 Å². The molecule has 7 nitrogen and oxygen atoms in total. The molecule has 0 spiro atoms. The average molecular weight is 398 g/mol. The quantitative estimate of drug-likeness (QED) is 0.574. The van der Waals surface area contributed by atoms with E-state index < -0.39 is 28.8 Å². The largest absolute Gasteiger partial charge is 0.482 e. The first-order valence-corrected chi connectivity index (χ1v) is 9.54. The van der Waals surface area contributed by atoms with Gasteiger partial charge in [-0.15, -0.1) is 0 Å². The molecule has 2 aromatic rings. The molecule has 0 aliphatic carbocycles. The molecule has 1 aromatic carbocycles. The topological polar surface area (TPSA) is 92.0 Å². The van der Waals surface area contributed by atoms with E-state index in [9.17, 15) is 14.4 Å². The fourth-order valence-corrected chi connectivity index (χ4v) is 3.87. The van der Waals surface area contributed by atoms with Crippen LogP contribution in [0.25, 0.3) is 17.0 Å². The van der Waals surface area contributed by atoms with Gasteiger partial charge >= 0.3 is 17.4 Å². The number of carbonyl (C=O) groups excluding carboxylic acids is 2. The number of carbonyl (C=O) groups is 2. The van der Waals surface area contributed by atoms with Crippen LogP contribution in [-0.2, 0) is 16.0 Å². The van der Waals surface area contributed by atoms with Gasteiger partial charge in [0.2, 0.25) is 0 Å². The molecule has 0 amide bonds. The van der Waals surface area contributed by atoms with Gasteiger partial charge in [-0.25, -0.2) is 4.79 Å². The number of rotatable bonds is 3. The third-order valence-electron chi connectivity index (χ3n) is 5.02. The molecule has 0 saturated carbocycles. The molecule has 152 valence electrons. The highest BCUT2D eigenvalue weighted by Gasteiger charge is 2.51. The maximum Gasteiger partial charge on any atom is 0.336 e. The highest BCUT2D eigenvalue weighted by molar-refractivity contribution is 6.17. The lowest BCUT2D eigenvalue weighted by Crippen LogP contribution is -2.41. The zero-order valence-corrected chi connectivity index (χ0v) is 17.0. The number of hydrogen-bond donors (Lipinski definition) is 0. The molecule has 7 heteroatoms. The number of ketones is 1. The van der Waals surface area contributed by atoms with Crippen molar-refractivity contribution in [2.24, 2.45) is 0 Å². The normalized spacial score (nSPS) is 21.3. The first-order valence-electron chi connectivity index (χ1n) is 9.54. The fourth-order valence-electron chi connectivity index (χ4n) is 3.87. The van der Waals surface area contributed by atoms with Crippen molar-refractivity contribution in [1.29, 1.82) is 0 Å². The smallest absolute Gasteiger partial charge is 0.336 e. The maximum absolute atomic E-state index is 13.2. The van der Waals surface area contributed by atoms with Crippen molar-refractivity contribution in [3.8, 4) is 11.5 Å². The lowest BCUT2D eigenvalue weighted by molar-refractivity contribution is -0.172. The van der Waals surface area contributed by atoms with Crippen LogP contribution in [0.15, 0.2) is 21.4 Å². The van der Waals surface area contributed by atoms with Gasteiger partial charge in [-0.2, -0.15) is 0 Å². The highest BCUT2D eigenvalue weighted by atomic mass is 16.7. The van der Waals surface area contributed by atoms with E-state index in [1.807, 2.05) is 32.9 Å². The average Bonchev–Trinajstić information content (AvgIpc) is 2.84. The minimum atomic E-state index is -1.84. The van der Waals surface area contributed by atoms with Crippen LogP contribution in [0.4, 0.5) is 0 Å². The molecule has 2 aliphatic rings. The second-order valence-corrected chi connectivity index (χ2v) is 8.00. The summed E-state index contributed by atoms with van der Waals surface area (Å²) >= 11 is 0. The summed E-state index contributed by atoms with van der Waals surface area (Å²) in [5.41, 5.74) is 0.310. The van der Waals surface area contributed by atoms with Crippen LogP contribution in [0.1, 0.15) is 62.5 Å². The van der Waals surface area contributed by atoms with E-state index in [1.165, 1.54) is 19.9 Å². The molecule has 0 radical (unpaired) electrons. The number of aryl methyl sites for hydroxylation is 1. The molecular formula is C22H22O7. The summed E-state index contributed by atoms with van der Waals surface area (Å²) in [7, 11) is 0. The predicted molar refractivity (Wildman–Crippen MR) is 105 cm³/mol. The Labute approximate surface area is 167 Å². The minimum absolute atomic E-state index is 0.0884. The summed E-state index contributed by atoms with van der Waals surface area (Å²) in [5, 5.41) is 0.571. The molecular weight excluding hydrogens is 376 g/mol. The Morgan fingerprint density at radius 1 is 1.14 bits per heavy atom. The number of hydrogen-bond acceptors (Lipinski definition) is 7. The Bertz CT molecular complexity index is 1150. The van der Waals surface area contributed by atoms with Gasteiger partial charge in [-0.3, -0.25) is 9.59 Å². The minimum Gasteiger partial charge on any atom is -0.482 e. The van der Waals surface area contributed by atoms with Crippen LogP contribution < -0.4 is 15.1 Å². The van der Waals surface area contributed by atoms with Gasteiger partial charge in [0.15, 0.2) is 11.3 Å². The van der Waals surface area contributed by atoms with Gasteiger partial charge in [0, 0.05) is 19.9 Å². The molecule has 0 N–H and O–H groups in total. The van der Waals surface area contributed by atoms with E-state index in [0.29, 0.717) is 23.1 Å². The van der Waals surface area contributed by atoms with Gasteiger partial charge in [0.25, 0.3) is 5.78 Å². The molecule has 1 atom stereocenters. The SMILES string of the molecule is CCCc1cc(=O)oc2c3c(c4c(c12)OC(C)(C)C=C4)OC(C)(OC(C)=O)C3=O. The van der Waals surface area contributed by atoms with E-state index >= 15 is 0 Å². The Morgan fingerprint density at radius 3 is 2.52 bits per heavy atom. The molecule has 0 saturated heterocycles. The van der Waals surface area contributed by atoms with E-state index in [2.05, 4.69) is 0 Å². The third-order valence-corrected chi connectivity index (χ3v) is 5.02. The molecule has 4 rings (SSSR count). The van der Waals surface area contributed by atoms with Crippen LogP contribution in [0, 0.1) is 0 Å². The first-order chi connectivity index (χ1) is 13.6. The standard InChI is InChI=1S/C22H22O7/c1-6-7-12-10-14(24)26-19-15(12)17-13(8-9-21(3,4)28-17)18-16(19)20(25)22(5,29-18)27-11(2)23/h8-10H,6-7H2,1-5H3. The predicted octanol–water partition coefficient (Wildman–Crippen LogP) is 3.78. The number of Topliss-reactive ketones (excluding diaryl/α,β-unsaturated/α-hetero) is 1.